The molecule has 0 aliphatic heterocycles. The third kappa shape index (κ3) is 3.43. The molecule has 3 rings (SSSR count). The van der Waals surface area contributed by atoms with E-state index in [1.54, 1.807) is 6.07 Å². The van der Waals surface area contributed by atoms with E-state index in [9.17, 15) is 9.18 Å². The molecule has 0 spiro atoms. The van der Waals surface area contributed by atoms with Crippen molar-refractivity contribution in [1.29, 1.82) is 0 Å². The van der Waals surface area contributed by atoms with Gasteiger partial charge in [-0.05, 0) is 30.3 Å². The highest BCUT2D eigenvalue weighted by atomic mass is 79.9. The van der Waals surface area contributed by atoms with Crippen LogP contribution < -0.4 is 0 Å². The molecule has 0 amide bonds. The third-order valence-electron chi connectivity index (χ3n) is 2.88. The van der Waals surface area contributed by atoms with Crippen LogP contribution in [-0.4, -0.2) is 25.8 Å². The van der Waals surface area contributed by atoms with Gasteiger partial charge in [-0.1, -0.05) is 33.8 Å². The highest BCUT2D eigenvalue weighted by molar-refractivity contribution is 9.10. The Bertz CT molecular complexity index is 885. The van der Waals surface area contributed by atoms with Crippen LogP contribution >= 0.6 is 27.7 Å². The molecule has 23 heavy (non-hydrogen) atoms. The van der Waals surface area contributed by atoms with Crippen molar-refractivity contribution in [3.63, 3.8) is 0 Å². The average molecular weight is 394 g/mol. The molecule has 1 aromatic carbocycles. The zero-order chi connectivity index (χ0) is 16.4. The van der Waals surface area contributed by atoms with E-state index in [2.05, 4.69) is 26.0 Å². The van der Waals surface area contributed by atoms with Crippen LogP contribution in [0.5, 0.6) is 0 Å². The summed E-state index contributed by atoms with van der Waals surface area (Å²) in [7, 11) is 0. The fourth-order valence-corrected chi connectivity index (χ4v) is 3.42. The Balaban J connectivity index is 2.08. The van der Waals surface area contributed by atoms with Gasteiger partial charge >= 0.3 is 5.97 Å². The SMILES string of the molecule is O=C(O)c1cc(Sc2cccc(Br)c2)n(-c2cccnc2F)n1. The minimum Gasteiger partial charge on any atom is -0.476 e. The predicted octanol–water partition coefficient (Wildman–Crippen LogP) is 4.02. The molecule has 0 fully saturated rings. The van der Waals surface area contributed by atoms with Crippen molar-refractivity contribution in [2.24, 2.45) is 0 Å². The van der Waals surface area contributed by atoms with Crippen LogP contribution in [0.15, 0.2) is 63.1 Å². The van der Waals surface area contributed by atoms with Crippen molar-refractivity contribution < 1.29 is 14.3 Å². The second-order valence-electron chi connectivity index (χ2n) is 4.46. The fraction of sp³-hybridized carbons (Fsp3) is 0. The summed E-state index contributed by atoms with van der Waals surface area (Å²) in [5.74, 6) is -1.90. The Hall–Kier alpha value is -2.19. The van der Waals surface area contributed by atoms with E-state index in [4.69, 9.17) is 5.11 Å². The summed E-state index contributed by atoms with van der Waals surface area (Å²) in [6, 6.07) is 11.9. The number of rotatable bonds is 4. The Morgan fingerprint density at radius 1 is 1.26 bits per heavy atom. The lowest BCUT2D eigenvalue weighted by Gasteiger charge is -2.07. The maximum atomic E-state index is 13.9. The number of hydrogen-bond donors (Lipinski definition) is 1. The standard InChI is InChI=1S/C15H9BrFN3O2S/c16-9-3-1-4-10(7-9)23-13-8-11(15(21)22)19-20(13)12-5-2-6-18-14(12)17/h1-8H,(H,21,22). The van der Waals surface area contributed by atoms with Crippen LogP contribution in [-0.2, 0) is 0 Å². The average Bonchev–Trinajstić information content (AvgIpc) is 2.92. The Morgan fingerprint density at radius 2 is 2.09 bits per heavy atom. The van der Waals surface area contributed by atoms with E-state index in [0.717, 1.165) is 9.37 Å². The summed E-state index contributed by atoms with van der Waals surface area (Å²) >= 11 is 4.66. The molecule has 1 N–H and O–H groups in total. The van der Waals surface area contributed by atoms with Crippen molar-refractivity contribution in [3.05, 3.63) is 64.8 Å². The number of halogens is 2. The van der Waals surface area contributed by atoms with Gasteiger partial charge in [0, 0.05) is 21.6 Å². The molecule has 3 aromatic rings. The van der Waals surface area contributed by atoms with Gasteiger partial charge in [-0.25, -0.2) is 14.5 Å². The van der Waals surface area contributed by atoms with Gasteiger partial charge in [-0.15, -0.1) is 0 Å². The largest absolute Gasteiger partial charge is 0.476 e. The van der Waals surface area contributed by atoms with E-state index in [1.807, 2.05) is 24.3 Å². The van der Waals surface area contributed by atoms with Crippen molar-refractivity contribution in [2.75, 3.05) is 0 Å². The summed E-state index contributed by atoms with van der Waals surface area (Å²) in [5, 5.41) is 13.6. The number of carbonyl (C=O) groups is 1. The zero-order valence-corrected chi connectivity index (χ0v) is 13.9. The second-order valence-corrected chi connectivity index (χ2v) is 6.47. The lowest BCUT2D eigenvalue weighted by Crippen LogP contribution is -2.04. The molecular formula is C15H9BrFN3O2S. The molecule has 0 unspecified atom stereocenters. The maximum absolute atomic E-state index is 13.9. The van der Waals surface area contributed by atoms with Crippen LogP contribution in [0.2, 0.25) is 0 Å². The van der Waals surface area contributed by atoms with Crippen LogP contribution in [0.1, 0.15) is 10.5 Å². The van der Waals surface area contributed by atoms with Gasteiger partial charge in [0.25, 0.3) is 0 Å². The van der Waals surface area contributed by atoms with Gasteiger partial charge in [0.1, 0.15) is 10.7 Å². The monoisotopic (exact) mass is 393 g/mol. The van der Waals surface area contributed by atoms with E-state index in [1.165, 1.54) is 34.8 Å². The molecule has 0 bridgehead atoms. The number of aromatic nitrogens is 3. The van der Waals surface area contributed by atoms with E-state index in [0.29, 0.717) is 5.03 Å². The number of carboxylic acids is 1. The highest BCUT2D eigenvalue weighted by Crippen LogP contribution is 2.32. The maximum Gasteiger partial charge on any atom is 0.356 e. The fourth-order valence-electron chi connectivity index (χ4n) is 1.90. The molecular weight excluding hydrogens is 385 g/mol. The molecule has 5 nitrogen and oxygen atoms in total. The smallest absolute Gasteiger partial charge is 0.356 e. The molecule has 0 aliphatic rings. The first-order valence-electron chi connectivity index (χ1n) is 6.42. The van der Waals surface area contributed by atoms with Crippen molar-refractivity contribution >= 4 is 33.7 Å². The first-order valence-corrected chi connectivity index (χ1v) is 8.03. The minimum atomic E-state index is -1.18. The molecule has 8 heteroatoms. The number of aromatic carboxylic acids is 1. The lowest BCUT2D eigenvalue weighted by atomic mass is 10.4. The normalized spacial score (nSPS) is 10.7. The summed E-state index contributed by atoms with van der Waals surface area (Å²) < 4.78 is 16.1. The number of pyridine rings is 1. The number of hydrogen-bond acceptors (Lipinski definition) is 4. The van der Waals surface area contributed by atoms with Gasteiger partial charge < -0.3 is 5.11 Å². The van der Waals surface area contributed by atoms with Crippen LogP contribution in [0, 0.1) is 5.95 Å². The van der Waals surface area contributed by atoms with Gasteiger partial charge in [-0.2, -0.15) is 9.49 Å². The van der Waals surface area contributed by atoms with Crippen LogP contribution in [0.3, 0.4) is 0 Å². The predicted molar refractivity (Wildman–Crippen MR) is 86.5 cm³/mol. The Kier molecular flexibility index (Phi) is 4.44. The molecule has 0 radical (unpaired) electrons. The molecule has 0 atom stereocenters. The molecule has 2 heterocycles. The molecule has 0 saturated carbocycles. The summed E-state index contributed by atoms with van der Waals surface area (Å²) in [5.41, 5.74) is -0.0664. The summed E-state index contributed by atoms with van der Waals surface area (Å²) in [6.07, 6.45) is 1.32. The number of nitrogens with zero attached hydrogens (tertiary/aromatic N) is 3. The quantitative estimate of drug-likeness (QED) is 0.677. The van der Waals surface area contributed by atoms with Crippen molar-refractivity contribution in [3.8, 4) is 5.69 Å². The topological polar surface area (TPSA) is 68.0 Å². The van der Waals surface area contributed by atoms with Gasteiger partial charge in [0.2, 0.25) is 5.95 Å². The molecule has 116 valence electrons. The molecule has 0 aliphatic carbocycles. The molecule has 2 aromatic heterocycles. The van der Waals surface area contributed by atoms with Crippen LogP contribution in [0.4, 0.5) is 4.39 Å². The van der Waals surface area contributed by atoms with E-state index >= 15 is 0 Å². The van der Waals surface area contributed by atoms with Crippen molar-refractivity contribution in [2.45, 2.75) is 9.92 Å². The Morgan fingerprint density at radius 3 is 2.78 bits per heavy atom. The summed E-state index contributed by atoms with van der Waals surface area (Å²) in [6.45, 7) is 0. The minimum absolute atomic E-state index is 0.0949. The second kappa shape index (κ2) is 6.51. The van der Waals surface area contributed by atoms with Crippen molar-refractivity contribution in [1.82, 2.24) is 14.8 Å². The van der Waals surface area contributed by atoms with Gasteiger partial charge in [-0.3, -0.25) is 0 Å². The first-order chi connectivity index (χ1) is 11.0. The highest BCUT2D eigenvalue weighted by Gasteiger charge is 2.18. The lowest BCUT2D eigenvalue weighted by molar-refractivity contribution is 0.0690. The number of benzene rings is 1. The third-order valence-corrected chi connectivity index (χ3v) is 4.36. The van der Waals surface area contributed by atoms with Crippen LogP contribution in [0.25, 0.3) is 5.69 Å². The van der Waals surface area contributed by atoms with E-state index < -0.39 is 11.9 Å². The molecule has 0 saturated heterocycles. The Labute approximate surface area is 143 Å². The van der Waals surface area contributed by atoms with Gasteiger partial charge in [0.05, 0.1) is 0 Å². The zero-order valence-electron chi connectivity index (χ0n) is 11.5. The summed E-state index contributed by atoms with van der Waals surface area (Å²) in [4.78, 5) is 15.6. The first kappa shape index (κ1) is 15.7. The van der Waals surface area contributed by atoms with E-state index in [-0.39, 0.29) is 11.4 Å². The number of carboxylic acid groups (broad SMARTS) is 1. The van der Waals surface area contributed by atoms with Gasteiger partial charge in [0.15, 0.2) is 5.69 Å².